The minimum Gasteiger partial charge on any atom is -0.481 e. The second-order valence-corrected chi connectivity index (χ2v) is 5.46. The molecule has 4 nitrogen and oxygen atoms in total. The molecule has 2 aromatic carbocycles. The summed E-state index contributed by atoms with van der Waals surface area (Å²) in [5.74, 6) is 0.529. The maximum Gasteiger partial charge on any atom is 0.265 e. The minimum atomic E-state index is -0.560. The van der Waals surface area contributed by atoms with Gasteiger partial charge >= 0.3 is 0 Å². The van der Waals surface area contributed by atoms with Crippen molar-refractivity contribution < 1.29 is 9.53 Å². The van der Waals surface area contributed by atoms with Crippen LogP contribution < -0.4 is 10.1 Å². The predicted molar refractivity (Wildman–Crippen MR) is 89.0 cm³/mol. The average molecular weight is 298 g/mol. The van der Waals surface area contributed by atoms with E-state index in [1.165, 1.54) is 0 Å². The fraction of sp³-hybridized carbons (Fsp3) is 0.278. The molecule has 1 atom stereocenters. The molecule has 116 valence electrons. The highest BCUT2D eigenvalue weighted by Crippen LogP contribution is 2.17. The number of para-hydroxylation sites is 2. The first-order chi connectivity index (χ1) is 10.6. The number of ether oxygens (including phenoxy) is 1. The Bertz CT molecular complexity index is 611. The molecular weight excluding hydrogens is 276 g/mol. The Labute approximate surface area is 131 Å². The average Bonchev–Trinajstić information content (AvgIpc) is 2.49. The third-order valence-corrected chi connectivity index (χ3v) is 3.19. The number of nitrogens with one attached hydrogen (secondary N) is 1. The maximum absolute atomic E-state index is 12.3. The van der Waals surface area contributed by atoms with E-state index < -0.39 is 6.10 Å². The van der Waals surface area contributed by atoms with E-state index in [-0.39, 0.29) is 5.91 Å². The molecule has 22 heavy (non-hydrogen) atoms. The van der Waals surface area contributed by atoms with Gasteiger partial charge in [0.15, 0.2) is 6.10 Å². The second kappa shape index (κ2) is 7.61. The first-order valence-corrected chi connectivity index (χ1v) is 7.31. The molecule has 2 rings (SSSR count). The van der Waals surface area contributed by atoms with E-state index in [1.807, 2.05) is 68.7 Å². The van der Waals surface area contributed by atoms with E-state index >= 15 is 0 Å². The molecule has 4 heteroatoms. The number of hydrogen-bond acceptors (Lipinski definition) is 3. The summed E-state index contributed by atoms with van der Waals surface area (Å²) in [5.41, 5.74) is 1.90. The van der Waals surface area contributed by atoms with Crippen molar-refractivity contribution in [2.75, 3.05) is 19.4 Å². The molecule has 1 unspecified atom stereocenters. The summed E-state index contributed by atoms with van der Waals surface area (Å²) >= 11 is 0. The van der Waals surface area contributed by atoms with E-state index in [0.29, 0.717) is 5.75 Å². The zero-order chi connectivity index (χ0) is 15.9. The fourth-order valence-corrected chi connectivity index (χ4v) is 2.11. The lowest BCUT2D eigenvalue weighted by Crippen LogP contribution is -2.30. The van der Waals surface area contributed by atoms with Crippen LogP contribution in [-0.4, -0.2) is 31.0 Å². The van der Waals surface area contributed by atoms with Gasteiger partial charge in [-0.3, -0.25) is 4.79 Å². The fourth-order valence-electron chi connectivity index (χ4n) is 2.11. The largest absolute Gasteiger partial charge is 0.481 e. The van der Waals surface area contributed by atoms with Crippen LogP contribution in [0.5, 0.6) is 5.75 Å². The van der Waals surface area contributed by atoms with Crippen LogP contribution in [0.2, 0.25) is 0 Å². The van der Waals surface area contributed by atoms with Crippen molar-refractivity contribution >= 4 is 11.6 Å². The SMILES string of the molecule is CC(Oc1ccccc1)C(=O)Nc1ccccc1CN(C)C. The summed E-state index contributed by atoms with van der Waals surface area (Å²) in [5, 5.41) is 2.95. The zero-order valence-corrected chi connectivity index (χ0v) is 13.2. The Hall–Kier alpha value is -2.33. The van der Waals surface area contributed by atoms with Crippen molar-refractivity contribution in [1.82, 2.24) is 4.90 Å². The number of carbonyl (C=O) groups excluding carboxylic acids is 1. The van der Waals surface area contributed by atoms with Crippen LogP contribution in [0.1, 0.15) is 12.5 Å². The third kappa shape index (κ3) is 4.60. The summed E-state index contributed by atoms with van der Waals surface area (Å²) in [4.78, 5) is 14.4. The van der Waals surface area contributed by atoms with Crippen molar-refractivity contribution in [3.63, 3.8) is 0 Å². The summed E-state index contributed by atoms with van der Waals surface area (Å²) in [6.07, 6.45) is -0.560. The normalized spacial score (nSPS) is 12.0. The Morgan fingerprint density at radius 1 is 1.09 bits per heavy atom. The van der Waals surface area contributed by atoms with E-state index in [0.717, 1.165) is 17.8 Å². The third-order valence-electron chi connectivity index (χ3n) is 3.19. The smallest absolute Gasteiger partial charge is 0.265 e. The molecule has 1 amide bonds. The standard InChI is InChI=1S/C18H22N2O2/c1-14(22-16-10-5-4-6-11-16)18(21)19-17-12-8-7-9-15(17)13-20(2)3/h4-12,14H,13H2,1-3H3,(H,19,21). The molecular formula is C18H22N2O2. The highest BCUT2D eigenvalue weighted by atomic mass is 16.5. The molecule has 0 aromatic heterocycles. The second-order valence-electron chi connectivity index (χ2n) is 5.46. The Morgan fingerprint density at radius 3 is 2.41 bits per heavy atom. The molecule has 0 saturated heterocycles. The quantitative estimate of drug-likeness (QED) is 0.890. The van der Waals surface area contributed by atoms with E-state index in [9.17, 15) is 4.79 Å². The molecule has 0 saturated carbocycles. The van der Waals surface area contributed by atoms with Gasteiger partial charge in [-0.1, -0.05) is 36.4 Å². The summed E-state index contributed by atoms with van der Waals surface area (Å²) in [6.45, 7) is 2.52. The van der Waals surface area contributed by atoms with Crippen molar-refractivity contribution in [3.8, 4) is 5.75 Å². The van der Waals surface area contributed by atoms with Gasteiger partial charge < -0.3 is 15.0 Å². The molecule has 0 bridgehead atoms. The maximum atomic E-state index is 12.3. The van der Waals surface area contributed by atoms with Crippen molar-refractivity contribution in [2.24, 2.45) is 0 Å². The van der Waals surface area contributed by atoms with Gasteiger partial charge in [0, 0.05) is 12.2 Å². The summed E-state index contributed by atoms with van der Waals surface area (Å²) in [7, 11) is 4.00. The summed E-state index contributed by atoms with van der Waals surface area (Å²) in [6, 6.07) is 17.2. The van der Waals surface area contributed by atoms with E-state index in [1.54, 1.807) is 6.92 Å². The molecule has 2 aromatic rings. The van der Waals surface area contributed by atoms with Crippen LogP contribution in [0.25, 0.3) is 0 Å². The van der Waals surface area contributed by atoms with E-state index in [4.69, 9.17) is 4.74 Å². The van der Waals surface area contributed by atoms with Gasteiger partial charge in [-0.15, -0.1) is 0 Å². The van der Waals surface area contributed by atoms with Gasteiger partial charge in [-0.2, -0.15) is 0 Å². The lowest BCUT2D eigenvalue weighted by Gasteiger charge is -2.18. The van der Waals surface area contributed by atoms with Crippen LogP contribution in [0.4, 0.5) is 5.69 Å². The van der Waals surface area contributed by atoms with Gasteiger partial charge in [0.05, 0.1) is 0 Å². The zero-order valence-electron chi connectivity index (χ0n) is 13.2. The lowest BCUT2D eigenvalue weighted by atomic mass is 10.1. The summed E-state index contributed by atoms with van der Waals surface area (Å²) < 4.78 is 5.65. The number of hydrogen-bond donors (Lipinski definition) is 1. The van der Waals surface area contributed by atoms with Crippen LogP contribution >= 0.6 is 0 Å². The topological polar surface area (TPSA) is 41.6 Å². The molecule has 1 N–H and O–H groups in total. The van der Waals surface area contributed by atoms with Crippen LogP contribution in [0, 0.1) is 0 Å². The Kier molecular flexibility index (Phi) is 5.55. The van der Waals surface area contributed by atoms with Crippen LogP contribution in [-0.2, 0) is 11.3 Å². The van der Waals surface area contributed by atoms with Gasteiger partial charge in [-0.05, 0) is 44.8 Å². The number of amides is 1. The van der Waals surface area contributed by atoms with E-state index in [2.05, 4.69) is 10.2 Å². The molecule has 0 spiro atoms. The van der Waals surface area contributed by atoms with Crippen LogP contribution in [0.3, 0.4) is 0 Å². The van der Waals surface area contributed by atoms with Gasteiger partial charge in [0.1, 0.15) is 5.75 Å². The Balaban J connectivity index is 2.02. The van der Waals surface area contributed by atoms with Crippen molar-refractivity contribution in [2.45, 2.75) is 19.6 Å². The first-order valence-electron chi connectivity index (χ1n) is 7.31. The van der Waals surface area contributed by atoms with Gasteiger partial charge in [0.2, 0.25) is 0 Å². The minimum absolute atomic E-state index is 0.157. The highest BCUT2D eigenvalue weighted by Gasteiger charge is 2.16. The van der Waals surface area contributed by atoms with Crippen LogP contribution in [0.15, 0.2) is 54.6 Å². The number of benzene rings is 2. The number of rotatable bonds is 6. The van der Waals surface area contributed by atoms with Gasteiger partial charge in [0.25, 0.3) is 5.91 Å². The molecule has 0 aliphatic heterocycles. The molecule has 0 aliphatic carbocycles. The number of carbonyl (C=O) groups is 1. The lowest BCUT2D eigenvalue weighted by molar-refractivity contribution is -0.122. The molecule has 0 aliphatic rings. The van der Waals surface area contributed by atoms with Gasteiger partial charge in [-0.25, -0.2) is 0 Å². The highest BCUT2D eigenvalue weighted by molar-refractivity contribution is 5.94. The van der Waals surface area contributed by atoms with Crippen molar-refractivity contribution in [1.29, 1.82) is 0 Å². The predicted octanol–water partition coefficient (Wildman–Crippen LogP) is 3.15. The first kappa shape index (κ1) is 16.0. The molecule has 0 radical (unpaired) electrons. The number of anilines is 1. The molecule has 0 fully saturated rings. The monoisotopic (exact) mass is 298 g/mol. The Morgan fingerprint density at radius 2 is 1.73 bits per heavy atom. The molecule has 0 heterocycles. The van der Waals surface area contributed by atoms with Crippen molar-refractivity contribution in [3.05, 3.63) is 60.2 Å². The number of nitrogens with zero attached hydrogens (tertiary/aromatic N) is 1.